The summed E-state index contributed by atoms with van der Waals surface area (Å²) in [6.07, 6.45) is 7.11. The van der Waals surface area contributed by atoms with Gasteiger partial charge in [-0.15, -0.1) is 22.6 Å². The summed E-state index contributed by atoms with van der Waals surface area (Å²) in [4.78, 5) is 12.0. The highest BCUT2D eigenvalue weighted by atomic mass is 35.5. The number of hydrogen-bond acceptors (Lipinski definition) is 5. The summed E-state index contributed by atoms with van der Waals surface area (Å²) in [5, 5.41) is 12.6. The van der Waals surface area contributed by atoms with Crippen LogP contribution in [0.2, 0.25) is 0 Å². The second-order valence-electron chi connectivity index (χ2n) is 5.22. The van der Waals surface area contributed by atoms with E-state index < -0.39 is 0 Å². The first-order chi connectivity index (χ1) is 9.19. The van der Waals surface area contributed by atoms with Crippen molar-refractivity contribution < 1.29 is 4.79 Å². The molecule has 1 heterocycles. The molecule has 0 aromatic carbocycles. The molecule has 2 atom stereocenters. The molecular formula is C13H23ClN4OS. The molecule has 0 aliphatic heterocycles. The Bertz CT molecular complexity index is 426. The molecule has 2 unspecified atom stereocenters. The van der Waals surface area contributed by atoms with Gasteiger partial charge in [0.2, 0.25) is 11.0 Å². The van der Waals surface area contributed by atoms with Gasteiger partial charge in [0.25, 0.3) is 0 Å². The minimum absolute atomic E-state index is 0. The fourth-order valence-corrected chi connectivity index (χ4v) is 3.18. The van der Waals surface area contributed by atoms with Crippen molar-refractivity contribution in [3.63, 3.8) is 0 Å². The predicted molar refractivity (Wildman–Crippen MR) is 84.3 cm³/mol. The molecule has 1 amide bonds. The van der Waals surface area contributed by atoms with E-state index in [9.17, 15) is 4.79 Å². The standard InChI is InChI=1S/C13H22N4OS.ClH/c1-2-3-4-5-11-16-17-13(19-11)15-12(18)9-6-7-10(14)8-9;/h9-10H,2-8,14H2,1H3,(H,15,17,18);1H. The van der Waals surface area contributed by atoms with Gasteiger partial charge in [0.15, 0.2) is 0 Å². The lowest BCUT2D eigenvalue weighted by Crippen LogP contribution is -2.23. The van der Waals surface area contributed by atoms with Crippen LogP contribution in [0.25, 0.3) is 0 Å². The summed E-state index contributed by atoms with van der Waals surface area (Å²) in [7, 11) is 0. The molecule has 0 radical (unpaired) electrons. The SMILES string of the molecule is CCCCCc1nnc(NC(=O)C2CCC(N)C2)s1.Cl. The van der Waals surface area contributed by atoms with Crippen LogP contribution in [0.5, 0.6) is 0 Å². The normalized spacial score (nSPS) is 21.5. The van der Waals surface area contributed by atoms with Crippen molar-refractivity contribution in [2.45, 2.75) is 57.9 Å². The molecule has 1 aromatic rings. The Morgan fingerprint density at radius 2 is 2.20 bits per heavy atom. The van der Waals surface area contributed by atoms with Gasteiger partial charge in [-0.05, 0) is 25.7 Å². The van der Waals surface area contributed by atoms with Crippen molar-refractivity contribution >= 4 is 34.8 Å². The molecule has 1 aliphatic carbocycles. The molecule has 1 fully saturated rings. The molecular weight excluding hydrogens is 296 g/mol. The molecule has 0 saturated heterocycles. The third kappa shape index (κ3) is 5.00. The first-order valence-electron chi connectivity index (χ1n) is 7.08. The summed E-state index contributed by atoms with van der Waals surface area (Å²) in [6, 6.07) is 0.176. The number of nitrogens with two attached hydrogens (primary N) is 1. The van der Waals surface area contributed by atoms with E-state index in [1.165, 1.54) is 24.2 Å². The van der Waals surface area contributed by atoms with E-state index in [0.29, 0.717) is 5.13 Å². The number of nitrogens with one attached hydrogen (secondary N) is 1. The minimum Gasteiger partial charge on any atom is -0.328 e. The second kappa shape index (κ2) is 8.54. The second-order valence-corrected chi connectivity index (χ2v) is 6.28. The monoisotopic (exact) mass is 318 g/mol. The van der Waals surface area contributed by atoms with E-state index in [4.69, 9.17) is 5.73 Å². The molecule has 3 N–H and O–H groups in total. The van der Waals surface area contributed by atoms with Gasteiger partial charge in [0.1, 0.15) is 5.01 Å². The van der Waals surface area contributed by atoms with Crippen LogP contribution >= 0.6 is 23.7 Å². The quantitative estimate of drug-likeness (QED) is 0.790. The zero-order valence-electron chi connectivity index (χ0n) is 11.8. The smallest absolute Gasteiger partial charge is 0.229 e. The average Bonchev–Trinajstić information content (AvgIpc) is 2.99. The fraction of sp³-hybridized carbons (Fsp3) is 0.769. The molecule has 7 heteroatoms. The van der Waals surface area contributed by atoms with Gasteiger partial charge in [-0.2, -0.15) is 0 Å². The van der Waals surface area contributed by atoms with Crippen molar-refractivity contribution in [2.75, 3.05) is 5.32 Å². The lowest BCUT2D eigenvalue weighted by atomic mass is 10.1. The summed E-state index contributed by atoms with van der Waals surface area (Å²) >= 11 is 1.49. The third-order valence-electron chi connectivity index (χ3n) is 3.54. The van der Waals surface area contributed by atoms with E-state index in [1.54, 1.807) is 0 Å². The highest BCUT2D eigenvalue weighted by molar-refractivity contribution is 7.15. The molecule has 2 rings (SSSR count). The minimum atomic E-state index is 0. The average molecular weight is 319 g/mol. The van der Waals surface area contributed by atoms with Gasteiger partial charge in [0.05, 0.1) is 0 Å². The number of anilines is 1. The number of aryl methyl sites for hydroxylation is 1. The van der Waals surface area contributed by atoms with E-state index in [0.717, 1.165) is 37.1 Å². The molecule has 1 saturated carbocycles. The van der Waals surface area contributed by atoms with Crippen LogP contribution in [0.3, 0.4) is 0 Å². The van der Waals surface area contributed by atoms with Crippen LogP contribution in [0.15, 0.2) is 0 Å². The highest BCUT2D eigenvalue weighted by Gasteiger charge is 2.28. The topological polar surface area (TPSA) is 80.9 Å². The Morgan fingerprint density at radius 3 is 2.85 bits per heavy atom. The van der Waals surface area contributed by atoms with Gasteiger partial charge in [-0.3, -0.25) is 4.79 Å². The van der Waals surface area contributed by atoms with Crippen LogP contribution in [-0.4, -0.2) is 22.1 Å². The van der Waals surface area contributed by atoms with E-state index >= 15 is 0 Å². The molecule has 114 valence electrons. The maximum atomic E-state index is 12.0. The number of carbonyl (C=O) groups excluding carboxylic acids is 1. The van der Waals surface area contributed by atoms with E-state index in [2.05, 4.69) is 22.4 Å². The van der Waals surface area contributed by atoms with Crippen LogP contribution in [-0.2, 0) is 11.2 Å². The van der Waals surface area contributed by atoms with Crippen LogP contribution < -0.4 is 11.1 Å². The first-order valence-corrected chi connectivity index (χ1v) is 7.89. The van der Waals surface area contributed by atoms with E-state index in [-0.39, 0.29) is 30.3 Å². The third-order valence-corrected chi connectivity index (χ3v) is 4.43. The van der Waals surface area contributed by atoms with Gasteiger partial charge in [-0.1, -0.05) is 31.1 Å². The van der Waals surface area contributed by atoms with Gasteiger partial charge in [-0.25, -0.2) is 0 Å². The molecule has 1 aliphatic rings. The highest BCUT2D eigenvalue weighted by Crippen LogP contribution is 2.26. The number of rotatable bonds is 6. The lowest BCUT2D eigenvalue weighted by Gasteiger charge is -2.07. The number of amides is 1. The zero-order valence-corrected chi connectivity index (χ0v) is 13.4. The van der Waals surface area contributed by atoms with E-state index in [1.807, 2.05) is 0 Å². The molecule has 0 bridgehead atoms. The number of unbranched alkanes of at least 4 members (excludes halogenated alkanes) is 2. The van der Waals surface area contributed by atoms with Crippen molar-refractivity contribution in [1.82, 2.24) is 10.2 Å². The number of aromatic nitrogens is 2. The Hall–Kier alpha value is -0.720. The Balaban J connectivity index is 0.00000200. The van der Waals surface area contributed by atoms with Crippen molar-refractivity contribution in [1.29, 1.82) is 0 Å². The van der Waals surface area contributed by atoms with Gasteiger partial charge in [0, 0.05) is 18.4 Å². The number of hydrogen-bond donors (Lipinski definition) is 2. The van der Waals surface area contributed by atoms with Crippen LogP contribution in [0, 0.1) is 5.92 Å². The Labute approximate surface area is 130 Å². The van der Waals surface area contributed by atoms with Crippen LogP contribution in [0.4, 0.5) is 5.13 Å². The fourth-order valence-electron chi connectivity index (χ4n) is 2.39. The molecule has 0 spiro atoms. The first kappa shape index (κ1) is 17.3. The zero-order chi connectivity index (χ0) is 13.7. The summed E-state index contributed by atoms with van der Waals surface area (Å²) < 4.78 is 0. The predicted octanol–water partition coefficient (Wildman–Crippen LogP) is 2.76. The van der Waals surface area contributed by atoms with Crippen LogP contribution in [0.1, 0.15) is 50.5 Å². The molecule has 5 nitrogen and oxygen atoms in total. The van der Waals surface area contributed by atoms with Crippen molar-refractivity contribution in [3.8, 4) is 0 Å². The van der Waals surface area contributed by atoms with Gasteiger partial charge >= 0.3 is 0 Å². The number of halogens is 1. The molecule has 20 heavy (non-hydrogen) atoms. The number of nitrogens with zero attached hydrogens (tertiary/aromatic N) is 2. The van der Waals surface area contributed by atoms with Crippen molar-refractivity contribution in [2.24, 2.45) is 11.7 Å². The summed E-state index contributed by atoms with van der Waals surface area (Å²) in [6.45, 7) is 2.18. The Morgan fingerprint density at radius 1 is 1.40 bits per heavy atom. The number of carbonyl (C=O) groups is 1. The molecule has 1 aromatic heterocycles. The summed E-state index contributed by atoms with van der Waals surface area (Å²) in [5.74, 6) is 0.0895. The largest absolute Gasteiger partial charge is 0.328 e. The Kier molecular flexibility index (Phi) is 7.40. The van der Waals surface area contributed by atoms with Crippen molar-refractivity contribution in [3.05, 3.63) is 5.01 Å². The van der Waals surface area contributed by atoms with Gasteiger partial charge < -0.3 is 11.1 Å². The summed E-state index contributed by atoms with van der Waals surface area (Å²) in [5.41, 5.74) is 5.82. The maximum absolute atomic E-state index is 12.0. The maximum Gasteiger partial charge on any atom is 0.229 e. The lowest BCUT2D eigenvalue weighted by molar-refractivity contribution is -0.119.